The highest BCUT2D eigenvalue weighted by Gasteiger charge is 2.14. The van der Waals surface area contributed by atoms with E-state index >= 15 is 0 Å². The van der Waals surface area contributed by atoms with Crippen molar-refractivity contribution in [3.05, 3.63) is 29.8 Å². The third-order valence-corrected chi connectivity index (χ3v) is 4.22. The van der Waals surface area contributed by atoms with Crippen molar-refractivity contribution in [3.8, 4) is 5.75 Å². The highest BCUT2D eigenvalue weighted by atomic mass is 19.1. The van der Waals surface area contributed by atoms with Crippen molar-refractivity contribution in [3.63, 3.8) is 0 Å². The number of phenols is 1. The van der Waals surface area contributed by atoms with E-state index in [4.69, 9.17) is 0 Å². The van der Waals surface area contributed by atoms with Gasteiger partial charge in [-0.05, 0) is 37.8 Å². The summed E-state index contributed by atoms with van der Waals surface area (Å²) >= 11 is 0. The van der Waals surface area contributed by atoms with E-state index in [1.54, 1.807) is 13.0 Å². The number of hydrogen-bond acceptors (Lipinski definition) is 6. The van der Waals surface area contributed by atoms with Gasteiger partial charge in [-0.15, -0.1) is 0 Å². The molecule has 1 aromatic carbocycles. The predicted octanol–water partition coefficient (Wildman–Crippen LogP) is 3.76. The lowest BCUT2D eigenvalue weighted by molar-refractivity contribution is 0.373. The van der Waals surface area contributed by atoms with Crippen LogP contribution >= 0.6 is 0 Å². The van der Waals surface area contributed by atoms with Gasteiger partial charge in [-0.25, -0.2) is 4.39 Å². The molecule has 0 amide bonds. The Morgan fingerprint density at radius 3 is 2.62 bits per heavy atom. The van der Waals surface area contributed by atoms with E-state index in [0.717, 1.165) is 6.54 Å². The minimum atomic E-state index is -0.693. The minimum Gasteiger partial charge on any atom is -0.505 e. The molecule has 6 nitrogen and oxygen atoms in total. The van der Waals surface area contributed by atoms with Crippen molar-refractivity contribution in [2.45, 2.75) is 39.0 Å². The zero-order chi connectivity index (χ0) is 16.9. The SMILES string of the molecule is Cc1nc(NCC2CCCCC2)nc(Nc2ccc(O)c(F)c2)n1. The van der Waals surface area contributed by atoms with Crippen molar-refractivity contribution in [2.75, 3.05) is 17.2 Å². The number of halogens is 1. The zero-order valence-electron chi connectivity index (χ0n) is 13.7. The van der Waals surface area contributed by atoms with Crippen molar-refractivity contribution >= 4 is 17.6 Å². The monoisotopic (exact) mass is 331 g/mol. The van der Waals surface area contributed by atoms with E-state index in [-0.39, 0.29) is 5.75 Å². The molecule has 0 radical (unpaired) electrons. The molecule has 1 saturated carbocycles. The minimum absolute atomic E-state index is 0.346. The van der Waals surface area contributed by atoms with Crippen LogP contribution in [0.5, 0.6) is 5.75 Å². The van der Waals surface area contributed by atoms with Gasteiger partial charge >= 0.3 is 0 Å². The second-order valence-corrected chi connectivity index (χ2v) is 6.21. The summed E-state index contributed by atoms with van der Waals surface area (Å²) in [4.78, 5) is 12.9. The van der Waals surface area contributed by atoms with Crippen LogP contribution in [-0.4, -0.2) is 26.6 Å². The first kappa shape index (κ1) is 16.4. The first-order chi connectivity index (χ1) is 11.6. The first-order valence-electron chi connectivity index (χ1n) is 8.32. The van der Waals surface area contributed by atoms with E-state index in [1.807, 2.05) is 0 Å². The van der Waals surface area contributed by atoms with E-state index < -0.39 is 5.82 Å². The summed E-state index contributed by atoms with van der Waals surface area (Å²) in [7, 11) is 0. The van der Waals surface area contributed by atoms with Gasteiger partial charge in [0.15, 0.2) is 11.6 Å². The van der Waals surface area contributed by atoms with Crippen LogP contribution in [0.25, 0.3) is 0 Å². The van der Waals surface area contributed by atoms with Gasteiger partial charge in [-0.1, -0.05) is 19.3 Å². The summed E-state index contributed by atoms with van der Waals surface area (Å²) in [5.41, 5.74) is 0.467. The van der Waals surface area contributed by atoms with Crippen molar-refractivity contribution in [1.29, 1.82) is 0 Å². The number of aryl methyl sites for hydroxylation is 1. The molecule has 0 saturated heterocycles. The molecule has 1 aromatic heterocycles. The summed E-state index contributed by atoms with van der Waals surface area (Å²) in [6.07, 6.45) is 6.41. The van der Waals surface area contributed by atoms with Crippen LogP contribution in [0, 0.1) is 18.7 Å². The molecule has 0 unspecified atom stereocenters. The van der Waals surface area contributed by atoms with Crippen LogP contribution < -0.4 is 10.6 Å². The van der Waals surface area contributed by atoms with E-state index in [2.05, 4.69) is 25.6 Å². The largest absolute Gasteiger partial charge is 0.505 e. The Balaban J connectivity index is 1.67. The highest BCUT2D eigenvalue weighted by Crippen LogP contribution is 2.24. The number of aromatic nitrogens is 3. The smallest absolute Gasteiger partial charge is 0.232 e. The maximum Gasteiger partial charge on any atom is 0.232 e. The fourth-order valence-corrected chi connectivity index (χ4v) is 2.96. The molecule has 3 rings (SSSR count). The predicted molar refractivity (Wildman–Crippen MR) is 91.0 cm³/mol. The molecule has 24 heavy (non-hydrogen) atoms. The Hall–Kier alpha value is -2.44. The Morgan fingerprint density at radius 1 is 1.12 bits per heavy atom. The molecule has 3 N–H and O–H groups in total. The molecule has 1 aliphatic carbocycles. The van der Waals surface area contributed by atoms with Gasteiger partial charge in [0.1, 0.15) is 5.82 Å². The fourth-order valence-electron chi connectivity index (χ4n) is 2.96. The van der Waals surface area contributed by atoms with Crippen LogP contribution in [-0.2, 0) is 0 Å². The van der Waals surface area contributed by atoms with Gasteiger partial charge in [0.2, 0.25) is 11.9 Å². The fraction of sp³-hybridized carbons (Fsp3) is 0.471. The van der Waals surface area contributed by atoms with Crippen LogP contribution in [0.15, 0.2) is 18.2 Å². The Morgan fingerprint density at radius 2 is 1.88 bits per heavy atom. The lowest BCUT2D eigenvalue weighted by atomic mass is 9.89. The maximum absolute atomic E-state index is 13.4. The summed E-state index contributed by atoms with van der Waals surface area (Å²) in [5.74, 6) is 1.04. The molecule has 0 atom stereocenters. The second-order valence-electron chi connectivity index (χ2n) is 6.21. The molecule has 1 aliphatic rings. The zero-order valence-corrected chi connectivity index (χ0v) is 13.7. The molecule has 2 aromatic rings. The molecule has 0 aliphatic heterocycles. The van der Waals surface area contributed by atoms with Gasteiger partial charge in [0, 0.05) is 18.3 Å². The second kappa shape index (κ2) is 7.42. The third-order valence-electron chi connectivity index (χ3n) is 4.22. The first-order valence-corrected chi connectivity index (χ1v) is 8.32. The molecule has 1 heterocycles. The summed E-state index contributed by atoms with van der Waals surface area (Å²) in [6, 6.07) is 4.05. The van der Waals surface area contributed by atoms with Crippen molar-refractivity contribution in [1.82, 2.24) is 15.0 Å². The topological polar surface area (TPSA) is 83.0 Å². The Kier molecular flexibility index (Phi) is 5.08. The van der Waals surface area contributed by atoms with Crippen LogP contribution in [0.1, 0.15) is 37.9 Å². The van der Waals surface area contributed by atoms with Crippen LogP contribution in [0.4, 0.5) is 22.0 Å². The number of benzene rings is 1. The van der Waals surface area contributed by atoms with E-state index in [0.29, 0.717) is 29.3 Å². The van der Waals surface area contributed by atoms with Crippen molar-refractivity contribution < 1.29 is 9.50 Å². The number of anilines is 3. The molecule has 0 bridgehead atoms. The van der Waals surface area contributed by atoms with Gasteiger partial charge in [-0.2, -0.15) is 15.0 Å². The standard InChI is InChI=1S/C17H22FN5O/c1-11-20-16(19-10-12-5-3-2-4-6-12)23-17(21-11)22-13-7-8-15(24)14(18)9-13/h7-9,12,24H,2-6,10H2,1H3,(H2,19,20,21,22,23). The molecular formula is C17H22FN5O. The molecule has 0 spiro atoms. The Bertz CT molecular complexity index is 703. The van der Waals surface area contributed by atoms with Gasteiger partial charge in [0.05, 0.1) is 0 Å². The third kappa shape index (κ3) is 4.31. The summed E-state index contributed by atoms with van der Waals surface area (Å²) in [5, 5.41) is 15.5. The summed E-state index contributed by atoms with van der Waals surface area (Å²) in [6.45, 7) is 2.65. The van der Waals surface area contributed by atoms with Crippen molar-refractivity contribution in [2.24, 2.45) is 5.92 Å². The molecular weight excluding hydrogens is 309 g/mol. The lowest BCUT2D eigenvalue weighted by Crippen LogP contribution is -2.19. The maximum atomic E-state index is 13.4. The molecule has 1 fully saturated rings. The number of aromatic hydroxyl groups is 1. The molecule has 7 heteroatoms. The number of nitrogens with zero attached hydrogens (tertiary/aromatic N) is 3. The number of hydrogen-bond donors (Lipinski definition) is 3. The van der Waals surface area contributed by atoms with Crippen LogP contribution in [0.2, 0.25) is 0 Å². The average Bonchev–Trinajstić information content (AvgIpc) is 2.57. The van der Waals surface area contributed by atoms with Gasteiger partial charge in [-0.3, -0.25) is 0 Å². The quantitative estimate of drug-likeness (QED) is 0.724. The van der Waals surface area contributed by atoms with E-state index in [9.17, 15) is 9.50 Å². The number of phenolic OH excluding ortho intramolecular Hbond substituents is 1. The van der Waals surface area contributed by atoms with Gasteiger partial charge in [0.25, 0.3) is 0 Å². The van der Waals surface area contributed by atoms with E-state index in [1.165, 1.54) is 44.2 Å². The number of nitrogens with one attached hydrogen (secondary N) is 2. The average molecular weight is 331 g/mol. The lowest BCUT2D eigenvalue weighted by Gasteiger charge is -2.21. The Labute approximate surface area is 140 Å². The number of rotatable bonds is 5. The highest BCUT2D eigenvalue weighted by molar-refractivity contribution is 5.55. The molecule has 128 valence electrons. The normalized spacial score (nSPS) is 15.2. The summed E-state index contributed by atoms with van der Waals surface area (Å²) < 4.78 is 13.4. The van der Waals surface area contributed by atoms with Crippen LogP contribution in [0.3, 0.4) is 0 Å². The van der Waals surface area contributed by atoms with Gasteiger partial charge < -0.3 is 15.7 Å².